The molecule has 6 heteroatoms. The van der Waals surface area contributed by atoms with Gasteiger partial charge in [-0.05, 0) is 24.3 Å². The van der Waals surface area contributed by atoms with E-state index in [0.717, 1.165) is 22.5 Å². The van der Waals surface area contributed by atoms with Gasteiger partial charge in [0.25, 0.3) is 0 Å². The van der Waals surface area contributed by atoms with Gasteiger partial charge in [-0.2, -0.15) is 5.10 Å². The number of nitrogens with two attached hydrogens (primary N) is 1. The molecular weight excluding hydrogens is 300 g/mol. The topological polar surface area (TPSA) is 73.8 Å². The Kier molecular flexibility index (Phi) is 3.89. The fraction of sp³-hybridized carbons (Fsp3) is 0.0625. The zero-order valence-corrected chi connectivity index (χ0v) is 12.4. The predicted molar refractivity (Wildman–Crippen MR) is 85.1 cm³/mol. The molecule has 110 valence electrons. The average Bonchev–Trinajstić information content (AvgIpc) is 2.95. The maximum atomic E-state index is 10.9. The highest BCUT2D eigenvalue weighted by atomic mass is 35.5. The van der Waals surface area contributed by atoms with E-state index >= 15 is 0 Å². The normalized spacial score (nSPS) is 10.6. The maximum Gasteiger partial charge on any atom is 0.239 e. The molecule has 0 bridgehead atoms. The first kappa shape index (κ1) is 14.3. The highest BCUT2D eigenvalue weighted by molar-refractivity contribution is 6.33. The molecule has 1 aromatic carbocycles. The van der Waals surface area contributed by atoms with Gasteiger partial charge >= 0.3 is 0 Å². The Labute approximate surface area is 132 Å². The van der Waals surface area contributed by atoms with Gasteiger partial charge in [0.1, 0.15) is 6.54 Å². The molecule has 0 atom stereocenters. The summed E-state index contributed by atoms with van der Waals surface area (Å²) in [5.41, 5.74) is 8.48. The number of rotatable bonds is 4. The van der Waals surface area contributed by atoms with E-state index in [1.54, 1.807) is 24.5 Å². The number of halogens is 1. The average molecular weight is 313 g/mol. The van der Waals surface area contributed by atoms with Crippen molar-refractivity contribution < 1.29 is 4.79 Å². The Bertz CT molecular complexity index is 828. The summed E-state index contributed by atoms with van der Waals surface area (Å²) in [6.07, 6.45) is 3.43. The number of primary amides is 1. The van der Waals surface area contributed by atoms with E-state index in [1.165, 1.54) is 4.68 Å². The fourth-order valence-corrected chi connectivity index (χ4v) is 2.42. The van der Waals surface area contributed by atoms with Crippen molar-refractivity contribution in [2.24, 2.45) is 5.73 Å². The molecule has 5 nitrogen and oxygen atoms in total. The van der Waals surface area contributed by atoms with Crippen molar-refractivity contribution in [1.29, 1.82) is 0 Å². The van der Waals surface area contributed by atoms with Gasteiger partial charge in [0.2, 0.25) is 5.91 Å². The second-order valence-electron chi connectivity index (χ2n) is 4.78. The van der Waals surface area contributed by atoms with Crippen LogP contribution in [-0.2, 0) is 11.3 Å². The van der Waals surface area contributed by atoms with Crippen molar-refractivity contribution >= 4 is 17.5 Å². The predicted octanol–water partition coefficient (Wildman–Crippen LogP) is 2.75. The number of benzene rings is 1. The van der Waals surface area contributed by atoms with Crippen LogP contribution < -0.4 is 5.73 Å². The molecule has 0 aliphatic heterocycles. The number of pyridine rings is 1. The minimum Gasteiger partial charge on any atom is -0.368 e. The molecule has 22 heavy (non-hydrogen) atoms. The van der Waals surface area contributed by atoms with Gasteiger partial charge in [0.15, 0.2) is 0 Å². The van der Waals surface area contributed by atoms with Crippen LogP contribution in [0.3, 0.4) is 0 Å². The fourth-order valence-electron chi connectivity index (χ4n) is 2.19. The molecule has 0 unspecified atom stereocenters. The molecule has 2 N–H and O–H groups in total. The number of aromatic nitrogens is 3. The Morgan fingerprint density at radius 3 is 2.77 bits per heavy atom. The molecule has 0 fully saturated rings. The summed E-state index contributed by atoms with van der Waals surface area (Å²) in [5.74, 6) is -0.427. The van der Waals surface area contributed by atoms with Gasteiger partial charge in [0.05, 0.1) is 16.4 Å². The van der Waals surface area contributed by atoms with Crippen molar-refractivity contribution in [2.45, 2.75) is 6.54 Å². The standard InChI is InChI=1S/C16H13ClN4O/c17-13-5-2-7-19-16(13)12-4-1-3-11(9-12)14-6-8-21(20-14)10-15(18)22/h1-9H,10H2,(H2,18,22). The van der Waals surface area contributed by atoms with Gasteiger partial charge in [-0.15, -0.1) is 0 Å². The third kappa shape index (κ3) is 2.99. The van der Waals surface area contributed by atoms with Crippen LogP contribution in [0.15, 0.2) is 54.9 Å². The number of hydrogen-bond acceptors (Lipinski definition) is 3. The smallest absolute Gasteiger partial charge is 0.239 e. The summed E-state index contributed by atoms with van der Waals surface area (Å²) >= 11 is 6.18. The molecule has 2 heterocycles. The molecule has 2 aromatic heterocycles. The van der Waals surface area contributed by atoms with Crippen LogP contribution in [0.2, 0.25) is 5.02 Å². The summed E-state index contributed by atoms with van der Waals surface area (Å²) in [6.45, 7) is 0.0613. The third-order valence-electron chi connectivity index (χ3n) is 3.15. The first-order valence-corrected chi connectivity index (χ1v) is 7.04. The van der Waals surface area contributed by atoms with Crippen LogP contribution in [0.25, 0.3) is 22.5 Å². The van der Waals surface area contributed by atoms with Gasteiger partial charge in [-0.3, -0.25) is 14.5 Å². The van der Waals surface area contributed by atoms with Gasteiger partial charge in [-0.25, -0.2) is 0 Å². The van der Waals surface area contributed by atoms with E-state index in [4.69, 9.17) is 17.3 Å². The van der Waals surface area contributed by atoms with E-state index in [0.29, 0.717) is 5.02 Å². The summed E-state index contributed by atoms with van der Waals surface area (Å²) < 4.78 is 1.51. The van der Waals surface area contributed by atoms with Crippen molar-refractivity contribution in [3.63, 3.8) is 0 Å². The number of carbonyl (C=O) groups excluding carboxylic acids is 1. The lowest BCUT2D eigenvalue weighted by molar-refractivity contribution is -0.118. The van der Waals surface area contributed by atoms with Crippen LogP contribution >= 0.6 is 11.6 Å². The van der Waals surface area contributed by atoms with Crippen molar-refractivity contribution in [3.05, 3.63) is 59.9 Å². The Morgan fingerprint density at radius 2 is 2.00 bits per heavy atom. The zero-order valence-electron chi connectivity index (χ0n) is 11.6. The number of hydrogen-bond donors (Lipinski definition) is 1. The minimum absolute atomic E-state index is 0.0613. The molecular formula is C16H13ClN4O. The Hall–Kier alpha value is -2.66. The second kappa shape index (κ2) is 5.99. The van der Waals surface area contributed by atoms with Crippen LogP contribution in [0, 0.1) is 0 Å². The molecule has 0 spiro atoms. The minimum atomic E-state index is -0.427. The largest absolute Gasteiger partial charge is 0.368 e. The lowest BCUT2D eigenvalue weighted by Crippen LogP contribution is -2.18. The van der Waals surface area contributed by atoms with E-state index in [2.05, 4.69) is 10.1 Å². The number of amides is 1. The second-order valence-corrected chi connectivity index (χ2v) is 5.19. The van der Waals surface area contributed by atoms with E-state index in [9.17, 15) is 4.79 Å². The van der Waals surface area contributed by atoms with Crippen LogP contribution in [0.5, 0.6) is 0 Å². The van der Waals surface area contributed by atoms with E-state index < -0.39 is 5.91 Å². The SMILES string of the molecule is NC(=O)Cn1ccc(-c2cccc(-c3ncccc3Cl)c2)n1. The monoisotopic (exact) mass is 312 g/mol. The molecule has 3 rings (SSSR count). The molecule has 0 aliphatic carbocycles. The van der Waals surface area contributed by atoms with Crippen molar-refractivity contribution in [1.82, 2.24) is 14.8 Å². The lowest BCUT2D eigenvalue weighted by Gasteiger charge is -2.05. The molecule has 0 saturated carbocycles. The molecule has 0 saturated heterocycles. The van der Waals surface area contributed by atoms with Crippen LogP contribution in [-0.4, -0.2) is 20.7 Å². The lowest BCUT2D eigenvalue weighted by atomic mass is 10.1. The van der Waals surface area contributed by atoms with Gasteiger partial charge < -0.3 is 5.73 Å². The van der Waals surface area contributed by atoms with E-state index in [-0.39, 0.29) is 6.54 Å². The molecule has 1 amide bonds. The molecule has 0 aliphatic rings. The summed E-state index contributed by atoms with van der Waals surface area (Å²) in [7, 11) is 0. The van der Waals surface area contributed by atoms with Crippen molar-refractivity contribution in [3.8, 4) is 22.5 Å². The molecule has 3 aromatic rings. The zero-order chi connectivity index (χ0) is 15.5. The highest BCUT2D eigenvalue weighted by Crippen LogP contribution is 2.28. The quantitative estimate of drug-likeness (QED) is 0.805. The maximum absolute atomic E-state index is 10.9. The molecule has 0 radical (unpaired) electrons. The summed E-state index contributed by atoms with van der Waals surface area (Å²) in [4.78, 5) is 15.2. The number of carbonyl (C=O) groups is 1. The van der Waals surface area contributed by atoms with Crippen LogP contribution in [0.1, 0.15) is 0 Å². The first-order chi connectivity index (χ1) is 10.6. The summed E-state index contributed by atoms with van der Waals surface area (Å²) in [5, 5.41) is 4.94. The van der Waals surface area contributed by atoms with E-state index in [1.807, 2.05) is 30.3 Å². The van der Waals surface area contributed by atoms with Gasteiger partial charge in [0, 0.05) is 23.5 Å². The van der Waals surface area contributed by atoms with Gasteiger partial charge in [-0.1, -0.05) is 29.8 Å². The Balaban J connectivity index is 1.96. The first-order valence-electron chi connectivity index (χ1n) is 6.66. The Morgan fingerprint density at radius 1 is 1.18 bits per heavy atom. The third-order valence-corrected chi connectivity index (χ3v) is 3.45. The van der Waals surface area contributed by atoms with Crippen LogP contribution in [0.4, 0.5) is 0 Å². The highest BCUT2D eigenvalue weighted by Gasteiger charge is 2.08. The number of nitrogens with zero attached hydrogens (tertiary/aromatic N) is 3. The summed E-state index contributed by atoms with van der Waals surface area (Å²) in [6, 6.07) is 13.2. The van der Waals surface area contributed by atoms with Crippen molar-refractivity contribution in [2.75, 3.05) is 0 Å².